The van der Waals surface area contributed by atoms with E-state index in [-0.39, 0.29) is 5.41 Å². The molecule has 1 saturated carbocycles. The highest BCUT2D eigenvalue weighted by Crippen LogP contribution is 2.46. The molecule has 0 saturated heterocycles. The molecule has 1 atom stereocenters. The molecule has 1 aliphatic rings. The number of halogens is 1. The first-order valence-corrected chi connectivity index (χ1v) is 6.28. The van der Waals surface area contributed by atoms with Crippen molar-refractivity contribution in [2.75, 3.05) is 0 Å². The highest BCUT2D eigenvalue weighted by molar-refractivity contribution is 6.30. The summed E-state index contributed by atoms with van der Waals surface area (Å²) in [6, 6.07) is 7.61. The van der Waals surface area contributed by atoms with Gasteiger partial charge in [-0.2, -0.15) is 0 Å². The van der Waals surface area contributed by atoms with Gasteiger partial charge in [0.05, 0.1) is 5.60 Å². The molecule has 0 aromatic heterocycles. The first kappa shape index (κ1) is 11.9. The molecule has 1 aromatic rings. The highest BCUT2D eigenvalue weighted by Gasteiger charge is 2.39. The van der Waals surface area contributed by atoms with E-state index in [9.17, 15) is 5.11 Å². The van der Waals surface area contributed by atoms with Crippen LogP contribution in [-0.4, -0.2) is 5.11 Å². The fourth-order valence-electron chi connectivity index (χ4n) is 2.83. The van der Waals surface area contributed by atoms with Crippen LogP contribution in [0, 0.1) is 5.41 Å². The third-order valence-electron chi connectivity index (χ3n) is 3.60. The first-order chi connectivity index (χ1) is 7.41. The fraction of sp³-hybridized carbons (Fsp3) is 0.571. The Kier molecular flexibility index (Phi) is 3.02. The van der Waals surface area contributed by atoms with Crippen molar-refractivity contribution in [2.45, 2.75) is 45.1 Å². The Bertz CT molecular complexity index is 369. The van der Waals surface area contributed by atoms with Crippen molar-refractivity contribution in [3.05, 3.63) is 34.9 Å². The molecule has 0 amide bonds. The van der Waals surface area contributed by atoms with E-state index < -0.39 is 5.60 Å². The molecule has 1 nitrogen and oxygen atoms in total. The number of hydrogen-bond donors (Lipinski definition) is 1. The largest absolute Gasteiger partial charge is 0.385 e. The maximum atomic E-state index is 10.7. The lowest BCUT2D eigenvalue weighted by atomic mass is 9.67. The van der Waals surface area contributed by atoms with Gasteiger partial charge in [-0.05, 0) is 48.8 Å². The average Bonchev–Trinajstić information content (AvgIpc) is 2.16. The van der Waals surface area contributed by atoms with Crippen molar-refractivity contribution in [3.8, 4) is 0 Å². The zero-order valence-electron chi connectivity index (χ0n) is 9.96. The van der Waals surface area contributed by atoms with Crippen LogP contribution >= 0.6 is 11.6 Å². The zero-order chi connectivity index (χ0) is 11.8. The molecule has 1 unspecified atom stereocenters. The third-order valence-corrected chi connectivity index (χ3v) is 3.85. The van der Waals surface area contributed by atoms with E-state index in [1.165, 1.54) is 6.42 Å². The second-order valence-electron chi connectivity index (χ2n) is 5.73. The maximum Gasteiger partial charge on any atom is 0.0901 e. The minimum absolute atomic E-state index is 0.229. The van der Waals surface area contributed by atoms with Crippen LogP contribution in [0.2, 0.25) is 5.02 Å². The second-order valence-corrected chi connectivity index (χ2v) is 6.17. The maximum absolute atomic E-state index is 10.7. The fourth-order valence-corrected chi connectivity index (χ4v) is 2.96. The molecule has 1 aliphatic carbocycles. The molecule has 2 rings (SSSR count). The van der Waals surface area contributed by atoms with Gasteiger partial charge in [-0.25, -0.2) is 0 Å². The topological polar surface area (TPSA) is 20.2 Å². The van der Waals surface area contributed by atoms with E-state index >= 15 is 0 Å². The summed E-state index contributed by atoms with van der Waals surface area (Å²) in [4.78, 5) is 0. The molecule has 1 fully saturated rings. The molecule has 0 heterocycles. The summed E-state index contributed by atoms with van der Waals surface area (Å²) in [5.74, 6) is 0. The Morgan fingerprint density at radius 2 is 1.75 bits per heavy atom. The van der Waals surface area contributed by atoms with Crippen molar-refractivity contribution in [1.82, 2.24) is 0 Å². The lowest BCUT2D eigenvalue weighted by Gasteiger charge is -2.41. The summed E-state index contributed by atoms with van der Waals surface area (Å²) in [6.45, 7) is 4.46. The van der Waals surface area contributed by atoms with Crippen LogP contribution in [0.15, 0.2) is 24.3 Å². The SMILES string of the molecule is CC1(C)CCCC(O)(c2ccc(Cl)cc2)C1. The quantitative estimate of drug-likeness (QED) is 0.780. The second kappa shape index (κ2) is 4.05. The van der Waals surface area contributed by atoms with Crippen molar-refractivity contribution >= 4 is 11.6 Å². The Morgan fingerprint density at radius 3 is 2.31 bits per heavy atom. The summed E-state index contributed by atoms with van der Waals surface area (Å²) >= 11 is 5.87. The van der Waals surface area contributed by atoms with Crippen LogP contribution in [-0.2, 0) is 5.60 Å². The molecule has 0 bridgehead atoms. The number of aliphatic hydroxyl groups is 1. The molecule has 16 heavy (non-hydrogen) atoms. The molecule has 2 heteroatoms. The molecule has 0 spiro atoms. The van der Waals surface area contributed by atoms with Crippen LogP contribution in [0.25, 0.3) is 0 Å². The molecule has 0 radical (unpaired) electrons. The first-order valence-electron chi connectivity index (χ1n) is 5.90. The Morgan fingerprint density at radius 1 is 1.12 bits per heavy atom. The van der Waals surface area contributed by atoms with Gasteiger partial charge < -0.3 is 5.11 Å². The van der Waals surface area contributed by atoms with E-state index in [1.807, 2.05) is 24.3 Å². The summed E-state index contributed by atoms with van der Waals surface area (Å²) in [6.07, 6.45) is 3.98. The van der Waals surface area contributed by atoms with Gasteiger partial charge in [-0.3, -0.25) is 0 Å². The zero-order valence-corrected chi connectivity index (χ0v) is 10.7. The van der Waals surface area contributed by atoms with Crippen molar-refractivity contribution < 1.29 is 5.11 Å². The van der Waals surface area contributed by atoms with Crippen molar-refractivity contribution in [1.29, 1.82) is 0 Å². The smallest absolute Gasteiger partial charge is 0.0901 e. The van der Waals surface area contributed by atoms with Crippen LogP contribution in [0.1, 0.15) is 45.1 Å². The Labute approximate surface area is 102 Å². The van der Waals surface area contributed by atoms with Crippen LogP contribution < -0.4 is 0 Å². The van der Waals surface area contributed by atoms with Gasteiger partial charge in [0, 0.05) is 5.02 Å². The number of benzene rings is 1. The van der Waals surface area contributed by atoms with Gasteiger partial charge in [-0.15, -0.1) is 0 Å². The molecule has 1 N–H and O–H groups in total. The molecule has 88 valence electrons. The standard InChI is InChI=1S/C14H19ClO/c1-13(2)8-3-9-14(16,10-13)11-4-6-12(15)7-5-11/h4-7,16H,3,8-10H2,1-2H3. The predicted octanol–water partition coefficient (Wildman–Crippen LogP) is 4.13. The Hall–Kier alpha value is -0.530. The predicted molar refractivity (Wildman–Crippen MR) is 67.6 cm³/mol. The van der Waals surface area contributed by atoms with Crippen LogP contribution in [0.4, 0.5) is 0 Å². The highest BCUT2D eigenvalue weighted by atomic mass is 35.5. The van der Waals surface area contributed by atoms with Gasteiger partial charge in [0.2, 0.25) is 0 Å². The van der Waals surface area contributed by atoms with E-state index in [0.717, 1.165) is 29.8 Å². The van der Waals surface area contributed by atoms with E-state index in [0.29, 0.717) is 0 Å². The van der Waals surface area contributed by atoms with Crippen LogP contribution in [0.3, 0.4) is 0 Å². The third kappa shape index (κ3) is 2.41. The minimum atomic E-state index is -0.660. The summed E-state index contributed by atoms with van der Waals surface area (Å²) < 4.78 is 0. The van der Waals surface area contributed by atoms with Gasteiger partial charge in [0.25, 0.3) is 0 Å². The molecular formula is C14H19ClO. The Balaban J connectivity index is 2.27. The lowest BCUT2D eigenvalue weighted by molar-refractivity contribution is -0.0440. The van der Waals surface area contributed by atoms with Crippen LogP contribution in [0.5, 0.6) is 0 Å². The molecule has 1 aromatic carbocycles. The van der Waals surface area contributed by atoms with Crippen molar-refractivity contribution in [2.24, 2.45) is 5.41 Å². The van der Waals surface area contributed by atoms with Crippen molar-refractivity contribution in [3.63, 3.8) is 0 Å². The number of hydrogen-bond acceptors (Lipinski definition) is 1. The van der Waals surface area contributed by atoms with Gasteiger partial charge in [0.1, 0.15) is 0 Å². The lowest BCUT2D eigenvalue weighted by Crippen LogP contribution is -2.36. The minimum Gasteiger partial charge on any atom is -0.385 e. The monoisotopic (exact) mass is 238 g/mol. The van der Waals surface area contributed by atoms with E-state index in [1.54, 1.807) is 0 Å². The normalized spacial score (nSPS) is 29.0. The molecule has 0 aliphatic heterocycles. The summed E-state index contributed by atoms with van der Waals surface area (Å²) in [5, 5.41) is 11.5. The van der Waals surface area contributed by atoms with Gasteiger partial charge >= 0.3 is 0 Å². The number of rotatable bonds is 1. The van der Waals surface area contributed by atoms with Gasteiger partial charge in [0.15, 0.2) is 0 Å². The summed E-state index contributed by atoms with van der Waals surface area (Å²) in [7, 11) is 0. The van der Waals surface area contributed by atoms with E-state index in [2.05, 4.69) is 13.8 Å². The van der Waals surface area contributed by atoms with E-state index in [4.69, 9.17) is 11.6 Å². The van der Waals surface area contributed by atoms with Gasteiger partial charge in [-0.1, -0.05) is 37.6 Å². The molecular weight excluding hydrogens is 220 g/mol. The summed E-state index contributed by atoms with van der Waals surface area (Å²) in [5.41, 5.74) is 0.573. The average molecular weight is 239 g/mol.